The summed E-state index contributed by atoms with van der Waals surface area (Å²) in [5, 5.41) is 0. The average Bonchev–Trinajstić information content (AvgIpc) is 2.17. The fourth-order valence-corrected chi connectivity index (χ4v) is 1.32. The van der Waals surface area contributed by atoms with Crippen LogP contribution in [0.15, 0.2) is 12.3 Å². The van der Waals surface area contributed by atoms with Gasteiger partial charge in [-0.05, 0) is 18.5 Å². The summed E-state index contributed by atoms with van der Waals surface area (Å²) in [6, 6.07) is 0. The lowest BCUT2D eigenvalue weighted by Gasteiger charge is -2.10. The van der Waals surface area contributed by atoms with Crippen molar-refractivity contribution in [3.8, 4) is 0 Å². The summed E-state index contributed by atoms with van der Waals surface area (Å²) < 4.78 is 0. The molecule has 0 aromatic heterocycles. The van der Waals surface area contributed by atoms with Gasteiger partial charge in [0.15, 0.2) is 0 Å². The van der Waals surface area contributed by atoms with Crippen molar-refractivity contribution in [2.45, 2.75) is 19.8 Å². The summed E-state index contributed by atoms with van der Waals surface area (Å²) in [6.07, 6.45) is 7.15. The molecule has 0 fully saturated rings. The third kappa shape index (κ3) is 1.74. The van der Waals surface area contributed by atoms with E-state index in [9.17, 15) is 0 Å². The lowest BCUT2D eigenvalue weighted by Crippen LogP contribution is -2.12. The highest BCUT2D eigenvalue weighted by atomic mass is 15.1. The quantitative estimate of drug-likeness (QED) is 0.544. The van der Waals surface area contributed by atoms with Crippen molar-refractivity contribution in [3.63, 3.8) is 0 Å². The van der Waals surface area contributed by atoms with E-state index in [1.54, 1.807) is 0 Å². The van der Waals surface area contributed by atoms with Gasteiger partial charge in [-0.15, -0.1) is 0 Å². The summed E-state index contributed by atoms with van der Waals surface area (Å²) in [7, 11) is 2.13. The Hall–Kier alpha value is -0.460. The van der Waals surface area contributed by atoms with Gasteiger partial charge in [-0.1, -0.05) is 19.4 Å². The SMILES string of the molecule is CCCC1C=CN(C)C1. The second-order valence-corrected chi connectivity index (χ2v) is 2.83. The molecule has 1 nitrogen and oxygen atoms in total. The fourth-order valence-electron chi connectivity index (χ4n) is 1.32. The molecular formula is C8H15N. The number of rotatable bonds is 2. The van der Waals surface area contributed by atoms with Crippen molar-refractivity contribution < 1.29 is 0 Å². The second-order valence-electron chi connectivity index (χ2n) is 2.83. The maximum atomic E-state index is 2.31. The molecule has 0 N–H and O–H groups in total. The Balaban J connectivity index is 2.24. The molecular weight excluding hydrogens is 110 g/mol. The number of hydrogen-bond donors (Lipinski definition) is 0. The van der Waals surface area contributed by atoms with E-state index in [4.69, 9.17) is 0 Å². The van der Waals surface area contributed by atoms with Gasteiger partial charge in [-0.25, -0.2) is 0 Å². The van der Waals surface area contributed by atoms with Crippen LogP contribution in [0.4, 0.5) is 0 Å². The van der Waals surface area contributed by atoms with Crippen LogP contribution in [-0.2, 0) is 0 Å². The van der Waals surface area contributed by atoms with Gasteiger partial charge in [0.25, 0.3) is 0 Å². The topological polar surface area (TPSA) is 3.24 Å². The first-order chi connectivity index (χ1) is 4.33. The van der Waals surface area contributed by atoms with Crippen LogP contribution in [0.1, 0.15) is 19.8 Å². The van der Waals surface area contributed by atoms with Crippen LogP contribution in [0.5, 0.6) is 0 Å². The average molecular weight is 125 g/mol. The smallest absolute Gasteiger partial charge is 0.0232 e. The van der Waals surface area contributed by atoms with Gasteiger partial charge < -0.3 is 4.90 Å². The zero-order valence-electron chi connectivity index (χ0n) is 6.30. The van der Waals surface area contributed by atoms with Gasteiger partial charge in [0.2, 0.25) is 0 Å². The van der Waals surface area contributed by atoms with E-state index in [1.165, 1.54) is 19.4 Å². The summed E-state index contributed by atoms with van der Waals surface area (Å²) in [5.74, 6) is 0.833. The van der Waals surface area contributed by atoms with Crippen LogP contribution in [0.3, 0.4) is 0 Å². The molecule has 1 rings (SSSR count). The van der Waals surface area contributed by atoms with Crippen LogP contribution in [-0.4, -0.2) is 18.5 Å². The van der Waals surface area contributed by atoms with E-state index in [1.807, 2.05) is 0 Å². The Labute approximate surface area is 57.4 Å². The molecule has 0 spiro atoms. The summed E-state index contributed by atoms with van der Waals surface area (Å²) in [4.78, 5) is 2.25. The first-order valence-corrected chi connectivity index (χ1v) is 3.71. The Morgan fingerprint density at radius 3 is 2.89 bits per heavy atom. The van der Waals surface area contributed by atoms with Crippen LogP contribution in [0.2, 0.25) is 0 Å². The highest BCUT2D eigenvalue weighted by Crippen LogP contribution is 2.15. The molecule has 1 heteroatoms. The Morgan fingerprint density at radius 2 is 2.44 bits per heavy atom. The number of nitrogens with zero attached hydrogens (tertiary/aromatic N) is 1. The molecule has 0 aliphatic carbocycles. The van der Waals surface area contributed by atoms with Crippen molar-refractivity contribution >= 4 is 0 Å². The monoisotopic (exact) mass is 125 g/mol. The van der Waals surface area contributed by atoms with Crippen molar-refractivity contribution in [2.24, 2.45) is 5.92 Å². The van der Waals surface area contributed by atoms with Crippen molar-refractivity contribution in [1.82, 2.24) is 4.90 Å². The third-order valence-electron chi connectivity index (χ3n) is 1.79. The molecule has 0 aromatic rings. The van der Waals surface area contributed by atoms with Gasteiger partial charge in [-0.3, -0.25) is 0 Å². The van der Waals surface area contributed by atoms with Crippen LogP contribution in [0, 0.1) is 5.92 Å². The van der Waals surface area contributed by atoms with Crippen LogP contribution >= 0.6 is 0 Å². The maximum absolute atomic E-state index is 2.31. The summed E-state index contributed by atoms with van der Waals surface area (Å²) in [5.41, 5.74) is 0. The molecule has 1 aliphatic rings. The van der Waals surface area contributed by atoms with Gasteiger partial charge in [0.05, 0.1) is 0 Å². The first-order valence-electron chi connectivity index (χ1n) is 3.71. The molecule has 1 heterocycles. The Morgan fingerprint density at radius 1 is 1.67 bits per heavy atom. The van der Waals surface area contributed by atoms with Gasteiger partial charge in [0, 0.05) is 13.6 Å². The second kappa shape index (κ2) is 2.90. The van der Waals surface area contributed by atoms with Gasteiger partial charge >= 0.3 is 0 Å². The molecule has 0 radical (unpaired) electrons. The van der Waals surface area contributed by atoms with Crippen molar-refractivity contribution in [2.75, 3.05) is 13.6 Å². The van der Waals surface area contributed by atoms with E-state index in [0.29, 0.717) is 0 Å². The lowest BCUT2D eigenvalue weighted by atomic mass is 10.1. The first kappa shape index (κ1) is 6.66. The highest BCUT2D eigenvalue weighted by Gasteiger charge is 2.10. The summed E-state index contributed by atoms with van der Waals surface area (Å²) in [6.45, 7) is 3.47. The van der Waals surface area contributed by atoms with Crippen LogP contribution < -0.4 is 0 Å². The summed E-state index contributed by atoms with van der Waals surface area (Å²) >= 11 is 0. The molecule has 0 saturated carbocycles. The highest BCUT2D eigenvalue weighted by molar-refractivity contribution is 4.96. The van der Waals surface area contributed by atoms with E-state index < -0.39 is 0 Å². The Kier molecular flexibility index (Phi) is 2.15. The molecule has 0 saturated heterocycles. The van der Waals surface area contributed by atoms with Crippen LogP contribution in [0.25, 0.3) is 0 Å². The van der Waals surface area contributed by atoms with E-state index in [-0.39, 0.29) is 0 Å². The molecule has 1 aliphatic heterocycles. The molecule has 1 unspecified atom stereocenters. The van der Waals surface area contributed by atoms with E-state index >= 15 is 0 Å². The molecule has 0 aromatic carbocycles. The third-order valence-corrected chi connectivity index (χ3v) is 1.79. The minimum absolute atomic E-state index is 0.833. The minimum Gasteiger partial charge on any atom is -0.380 e. The molecule has 0 amide bonds. The van der Waals surface area contributed by atoms with Crippen molar-refractivity contribution in [3.05, 3.63) is 12.3 Å². The number of hydrogen-bond acceptors (Lipinski definition) is 1. The molecule has 0 bridgehead atoms. The standard InChI is InChI=1S/C8H15N/c1-3-4-8-5-6-9(2)7-8/h5-6,8H,3-4,7H2,1-2H3. The van der Waals surface area contributed by atoms with Crippen molar-refractivity contribution in [1.29, 1.82) is 0 Å². The fraction of sp³-hybridized carbons (Fsp3) is 0.750. The minimum atomic E-state index is 0.833. The van der Waals surface area contributed by atoms with E-state index in [2.05, 4.69) is 31.1 Å². The molecule has 52 valence electrons. The van der Waals surface area contributed by atoms with Gasteiger partial charge in [0.1, 0.15) is 0 Å². The van der Waals surface area contributed by atoms with E-state index in [0.717, 1.165) is 5.92 Å². The molecule has 1 atom stereocenters. The zero-order chi connectivity index (χ0) is 6.69. The predicted octanol–water partition coefficient (Wildman–Crippen LogP) is 1.86. The predicted molar refractivity (Wildman–Crippen MR) is 40.2 cm³/mol. The zero-order valence-corrected chi connectivity index (χ0v) is 6.30. The maximum Gasteiger partial charge on any atom is 0.0232 e. The van der Waals surface area contributed by atoms with Gasteiger partial charge in [-0.2, -0.15) is 0 Å². The Bertz CT molecular complexity index is 107. The molecule has 9 heavy (non-hydrogen) atoms. The normalized spacial score (nSPS) is 25.6. The largest absolute Gasteiger partial charge is 0.380 e. The lowest BCUT2D eigenvalue weighted by molar-refractivity contribution is 0.421.